The summed E-state index contributed by atoms with van der Waals surface area (Å²) in [5, 5.41) is 9.19. The number of hydrogen-bond acceptors (Lipinski definition) is 4. The highest BCUT2D eigenvalue weighted by Crippen LogP contribution is 2.31. The van der Waals surface area contributed by atoms with Crippen molar-refractivity contribution in [1.82, 2.24) is 24.6 Å². The van der Waals surface area contributed by atoms with Gasteiger partial charge in [-0.3, -0.25) is 9.80 Å². The van der Waals surface area contributed by atoms with Gasteiger partial charge in [0, 0.05) is 25.6 Å². The molecule has 0 bridgehead atoms. The quantitative estimate of drug-likeness (QED) is 0.850. The Morgan fingerprint density at radius 2 is 1.67 bits per heavy atom. The van der Waals surface area contributed by atoms with Crippen LogP contribution in [0.1, 0.15) is 75.4 Å². The van der Waals surface area contributed by atoms with Crippen molar-refractivity contribution in [2.24, 2.45) is 7.05 Å². The summed E-state index contributed by atoms with van der Waals surface area (Å²) >= 11 is 0. The average Bonchev–Trinajstić information content (AvgIpc) is 3.27. The van der Waals surface area contributed by atoms with Crippen LogP contribution in [0, 0.1) is 0 Å². The number of aromatic nitrogens is 3. The molecule has 24 heavy (non-hydrogen) atoms. The van der Waals surface area contributed by atoms with Crippen molar-refractivity contribution in [3.63, 3.8) is 0 Å². The summed E-state index contributed by atoms with van der Waals surface area (Å²) in [7, 11) is 2.18. The van der Waals surface area contributed by atoms with Crippen LogP contribution in [0.25, 0.3) is 0 Å². The SMILES string of the molecule is Cn1c(CN2CCCCC2)nnc1[C@@H]1CCCN(C2CCCC2)C1. The Kier molecular flexibility index (Phi) is 5.18. The molecule has 1 aliphatic carbocycles. The lowest BCUT2D eigenvalue weighted by molar-refractivity contribution is 0.146. The molecule has 5 heteroatoms. The van der Waals surface area contributed by atoms with Crippen LogP contribution in [0.4, 0.5) is 0 Å². The molecular weight excluding hydrogens is 298 g/mol. The Bertz CT molecular complexity index is 528. The summed E-state index contributed by atoms with van der Waals surface area (Å²) in [6.07, 6.45) is 12.3. The Labute approximate surface area is 146 Å². The zero-order chi connectivity index (χ0) is 16.4. The molecule has 4 rings (SSSR count). The lowest BCUT2D eigenvalue weighted by Crippen LogP contribution is -2.41. The maximum Gasteiger partial charge on any atom is 0.146 e. The van der Waals surface area contributed by atoms with Crippen molar-refractivity contribution in [3.05, 3.63) is 11.6 Å². The van der Waals surface area contributed by atoms with Crippen LogP contribution in [0.5, 0.6) is 0 Å². The third-order valence-electron chi connectivity index (χ3n) is 6.47. The van der Waals surface area contributed by atoms with Gasteiger partial charge in [0.2, 0.25) is 0 Å². The van der Waals surface area contributed by atoms with Crippen LogP contribution in [-0.4, -0.2) is 56.8 Å². The van der Waals surface area contributed by atoms with Gasteiger partial charge >= 0.3 is 0 Å². The minimum Gasteiger partial charge on any atom is -0.317 e. The van der Waals surface area contributed by atoms with Gasteiger partial charge in [-0.15, -0.1) is 10.2 Å². The predicted molar refractivity (Wildman–Crippen MR) is 95.9 cm³/mol. The molecule has 2 saturated heterocycles. The Hall–Kier alpha value is -0.940. The molecule has 134 valence electrons. The summed E-state index contributed by atoms with van der Waals surface area (Å²) in [6.45, 7) is 5.91. The van der Waals surface area contributed by atoms with Gasteiger partial charge in [0.25, 0.3) is 0 Å². The fraction of sp³-hybridized carbons (Fsp3) is 0.895. The monoisotopic (exact) mass is 331 g/mol. The lowest BCUT2D eigenvalue weighted by Gasteiger charge is -2.36. The second kappa shape index (κ2) is 7.52. The number of hydrogen-bond donors (Lipinski definition) is 0. The molecule has 0 N–H and O–H groups in total. The molecular formula is C19H33N5. The smallest absolute Gasteiger partial charge is 0.146 e. The van der Waals surface area contributed by atoms with E-state index in [9.17, 15) is 0 Å². The van der Waals surface area contributed by atoms with Crippen molar-refractivity contribution in [3.8, 4) is 0 Å². The zero-order valence-electron chi connectivity index (χ0n) is 15.3. The molecule has 3 aliphatic rings. The van der Waals surface area contributed by atoms with Crippen LogP contribution in [0.15, 0.2) is 0 Å². The van der Waals surface area contributed by atoms with Gasteiger partial charge in [-0.1, -0.05) is 19.3 Å². The number of likely N-dealkylation sites (tertiary alicyclic amines) is 2. The van der Waals surface area contributed by atoms with E-state index in [2.05, 4.69) is 31.6 Å². The van der Waals surface area contributed by atoms with Crippen molar-refractivity contribution < 1.29 is 0 Å². The largest absolute Gasteiger partial charge is 0.317 e. The Balaban J connectivity index is 1.41. The van der Waals surface area contributed by atoms with Gasteiger partial charge in [0.15, 0.2) is 0 Å². The second-order valence-electron chi connectivity index (χ2n) is 8.14. The van der Waals surface area contributed by atoms with Gasteiger partial charge < -0.3 is 4.57 Å². The van der Waals surface area contributed by atoms with E-state index in [1.807, 2.05) is 0 Å². The summed E-state index contributed by atoms with van der Waals surface area (Å²) in [5.74, 6) is 2.96. The number of nitrogens with zero attached hydrogens (tertiary/aromatic N) is 5. The molecule has 3 heterocycles. The van der Waals surface area contributed by atoms with E-state index in [0.29, 0.717) is 5.92 Å². The fourth-order valence-corrected chi connectivity index (χ4v) is 5.00. The predicted octanol–water partition coefficient (Wildman–Crippen LogP) is 2.92. The molecule has 5 nitrogen and oxygen atoms in total. The molecule has 0 spiro atoms. The minimum atomic E-state index is 0.576. The molecule has 0 amide bonds. The van der Waals surface area contributed by atoms with Gasteiger partial charge in [0.05, 0.1) is 6.54 Å². The molecule has 2 aliphatic heterocycles. The second-order valence-corrected chi connectivity index (χ2v) is 8.14. The Morgan fingerprint density at radius 1 is 0.875 bits per heavy atom. The standard InChI is InChI=1S/C19H33N5/c1-22-18(15-23-11-5-2-6-12-23)20-21-19(22)16-8-7-13-24(14-16)17-9-3-4-10-17/h16-17H,2-15H2,1H3/t16-/m1/s1. The highest BCUT2D eigenvalue weighted by Gasteiger charge is 2.31. The number of rotatable bonds is 4. The summed E-state index contributed by atoms with van der Waals surface area (Å²) in [4.78, 5) is 5.29. The van der Waals surface area contributed by atoms with E-state index in [-0.39, 0.29) is 0 Å². The first-order valence-electron chi connectivity index (χ1n) is 10.2. The van der Waals surface area contributed by atoms with Crippen molar-refractivity contribution in [1.29, 1.82) is 0 Å². The average molecular weight is 332 g/mol. The maximum atomic E-state index is 4.63. The van der Waals surface area contributed by atoms with E-state index in [1.54, 1.807) is 0 Å². The molecule has 0 unspecified atom stereocenters. The first-order valence-corrected chi connectivity index (χ1v) is 10.2. The summed E-state index contributed by atoms with van der Waals surface area (Å²) in [5.41, 5.74) is 0. The third kappa shape index (κ3) is 3.52. The topological polar surface area (TPSA) is 37.2 Å². The molecule has 1 aromatic rings. The highest BCUT2D eigenvalue weighted by molar-refractivity contribution is 5.04. The Morgan fingerprint density at radius 3 is 2.46 bits per heavy atom. The van der Waals surface area contributed by atoms with Gasteiger partial charge in [-0.25, -0.2) is 0 Å². The summed E-state index contributed by atoms with van der Waals surface area (Å²) in [6, 6.07) is 0.842. The van der Waals surface area contributed by atoms with Crippen LogP contribution in [0.2, 0.25) is 0 Å². The molecule has 1 saturated carbocycles. The van der Waals surface area contributed by atoms with Gasteiger partial charge in [-0.2, -0.15) is 0 Å². The van der Waals surface area contributed by atoms with Crippen molar-refractivity contribution >= 4 is 0 Å². The van der Waals surface area contributed by atoms with Gasteiger partial charge in [-0.05, 0) is 58.2 Å². The molecule has 1 atom stereocenters. The van der Waals surface area contributed by atoms with E-state index >= 15 is 0 Å². The van der Waals surface area contributed by atoms with Crippen LogP contribution < -0.4 is 0 Å². The minimum absolute atomic E-state index is 0.576. The highest BCUT2D eigenvalue weighted by atomic mass is 15.3. The van der Waals surface area contributed by atoms with E-state index < -0.39 is 0 Å². The lowest BCUT2D eigenvalue weighted by atomic mass is 9.95. The molecule has 0 radical (unpaired) electrons. The molecule has 1 aromatic heterocycles. The zero-order valence-corrected chi connectivity index (χ0v) is 15.3. The van der Waals surface area contributed by atoms with Crippen LogP contribution >= 0.6 is 0 Å². The van der Waals surface area contributed by atoms with E-state index in [1.165, 1.54) is 89.8 Å². The summed E-state index contributed by atoms with van der Waals surface area (Å²) < 4.78 is 2.30. The van der Waals surface area contributed by atoms with Crippen molar-refractivity contribution in [2.45, 2.75) is 76.3 Å². The van der Waals surface area contributed by atoms with E-state index in [0.717, 1.165) is 18.4 Å². The number of piperidine rings is 2. The molecule has 0 aromatic carbocycles. The maximum absolute atomic E-state index is 4.63. The van der Waals surface area contributed by atoms with Crippen LogP contribution in [-0.2, 0) is 13.6 Å². The van der Waals surface area contributed by atoms with Crippen molar-refractivity contribution in [2.75, 3.05) is 26.2 Å². The van der Waals surface area contributed by atoms with E-state index in [4.69, 9.17) is 0 Å². The normalized spacial score (nSPS) is 27.8. The molecule has 3 fully saturated rings. The van der Waals surface area contributed by atoms with Crippen LogP contribution in [0.3, 0.4) is 0 Å². The first kappa shape index (κ1) is 16.5. The van der Waals surface area contributed by atoms with Gasteiger partial charge in [0.1, 0.15) is 11.6 Å². The first-order chi connectivity index (χ1) is 11.8. The third-order valence-corrected chi connectivity index (χ3v) is 6.47. The fourth-order valence-electron chi connectivity index (χ4n) is 5.00.